The molecule has 6 aromatic rings. The summed E-state index contributed by atoms with van der Waals surface area (Å²) < 4.78 is 30.8. The lowest BCUT2D eigenvalue weighted by Crippen LogP contribution is -2.24. The molecule has 1 aliphatic rings. The van der Waals surface area contributed by atoms with Gasteiger partial charge < -0.3 is 9.80 Å². The van der Waals surface area contributed by atoms with Gasteiger partial charge in [0, 0.05) is 29.7 Å². The van der Waals surface area contributed by atoms with Crippen molar-refractivity contribution in [2.45, 2.75) is 62.2 Å². The van der Waals surface area contributed by atoms with Crippen LogP contribution in [0.25, 0.3) is 27.6 Å². The third-order valence-electron chi connectivity index (χ3n) is 9.13. The van der Waals surface area contributed by atoms with Crippen molar-refractivity contribution in [1.82, 2.24) is 9.55 Å². The molecule has 7 rings (SSSR count). The van der Waals surface area contributed by atoms with Gasteiger partial charge in [0.2, 0.25) is 9.84 Å². The maximum absolute atomic E-state index is 14.3. The van der Waals surface area contributed by atoms with Crippen LogP contribution in [-0.4, -0.2) is 31.7 Å². The molecule has 0 amide bonds. The number of benzene rings is 4. The highest BCUT2D eigenvalue weighted by Gasteiger charge is 2.28. The highest BCUT2D eigenvalue weighted by Crippen LogP contribution is 2.43. The zero-order valence-electron chi connectivity index (χ0n) is 27.5. The van der Waals surface area contributed by atoms with Crippen molar-refractivity contribution in [3.8, 4) is 5.82 Å². The van der Waals surface area contributed by atoms with Crippen molar-refractivity contribution < 1.29 is 8.42 Å². The minimum absolute atomic E-state index is 0.00224. The quantitative estimate of drug-likeness (QED) is 0.195. The molecule has 1 aliphatic heterocycles. The lowest BCUT2D eigenvalue weighted by Gasteiger charge is -2.23. The highest BCUT2D eigenvalue weighted by atomic mass is 32.2. The van der Waals surface area contributed by atoms with Gasteiger partial charge in [-0.15, -0.1) is 0 Å². The Morgan fingerprint density at radius 1 is 0.652 bits per heavy atom. The maximum atomic E-state index is 14.3. The van der Waals surface area contributed by atoms with E-state index in [4.69, 9.17) is 4.98 Å². The number of sulfone groups is 1. The van der Waals surface area contributed by atoms with E-state index in [2.05, 4.69) is 99.4 Å². The van der Waals surface area contributed by atoms with Crippen LogP contribution in [0.5, 0.6) is 0 Å². The Kier molecular flexibility index (Phi) is 6.83. The third kappa shape index (κ3) is 4.94. The zero-order valence-corrected chi connectivity index (χ0v) is 28.4. The molecular formula is C39H40N4O2S. The summed E-state index contributed by atoms with van der Waals surface area (Å²) in [6, 6.07) is 31.7. The van der Waals surface area contributed by atoms with E-state index in [0.29, 0.717) is 6.67 Å². The van der Waals surface area contributed by atoms with Gasteiger partial charge in [-0.3, -0.25) is 4.57 Å². The van der Waals surface area contributed by atoms with Gasteiger partial charge in [0.15, 0.2) is 0 Å². The van der Waals surface area contributed by atoms with Crippen molar-refractivity contribution in [3.63, 3.8) is 0 Å². The van der Waals surface area contributed by atoms with Crippen LogP contribution in [0.3, 0.4) is 0 Å². The normalized spacial score (nSPS) is 14.0. The van der Waals surface area contributed by atoms with Crippen molar-refractivity contribution in [3.05, 3.63) is 114 Å². The topological polar surface area (TPSA) is 58.4 Å². The van der Waals surface area contributed by atoms with Crippen molar-refractivity contribution in [2.75, 3.05) is 23.5 Å². The lowest BCUT2D eigenvalue weighted by molar-refractivity contribution is 0.588. The van der Waals surface area contributed by atoms with Gasteiger partial charge in [0.1, 0.15) is 5.82 Å². The van der Waals surface area contributed by atoms with E-state index in [1.54, 1.807) is 24.3 Å². The molecule has 0 spiro atoms. The van der Waals surface area contributed by atoms with Gasteiger partial charge in [-0.2, -0.15) is 0 Å². The number of fused-ring (bicyclic) bond motifs is 4. The van der Waals surface area contributed by atoms with E-state index >= 15 is 0 Å². The maximum Gasteiger partial charge on any atom is 0.206 e. The summed E-state index contributed by atoms with van der Waals surface area (Å²) >= 11 is 0. The molecule has 46 heavy (non-hydrogen) atoms. The van der Waals surface area contributed by atoms with Gasteiger partial charge in [-0.05, 0) is 82.6 Å². The van der Waals surface area contributed by atoms with Gasteiger partial charge in [-0.25, -0.2) is 13.4 Å². The van der Waals surface area contributed by atoms with Crippen LogP contribution in [-0.2, 0) is 20.7 Å². The van der Waals surface area contributed by atoms with Gasteiger partial charge in [-0.1, -0.05) is 77.9 Å². The molecule has 0 unspecified atom stereocenters. The monoisotopic (exact) mass is 628 g/mol. The predicted molar refractivity (Wildman–Crippen MR) is 190 cm³/mol. The first-order valence-electron chi connectivity index (χ1n) is 15.7. The predicted octanol–water partition coefficient (Wildman–Crippen LogP) is 9.15. The average molecular weight is 629 g/mol. The van der Waals surface area contributed by atoms with E-state index in [0.717, 1.165) is 50.2 Å². The van der Waals surface area contributed by atoms with E-state index in [-0.39, 0.29) is 20.6 Å². The van der Waals surface area contributed by atoms with E-state index < -0.39 is 9.84 Å². The summed E-state index contributed by atoms with van der Waals surface area (Å²) in [5, 5.41) is 2.04. The third-order valence-corrected chi connectivity index (χ3v) is 10.9. The molecule has 0 saturated carbocycles. The molecule has 0 aliphatic carbocycles. The second-order valence-corrected chi connectivity index (χ2v) is 16.4. The number of hydrogen-bond donors (Lipinski definition) is 0. The summed E-state index contributed by atoms with van der Waals surface area (Å²) in [5.41, 5.74) is 7.18. The fraction of sp³-hybridized carbons (Fsp3) is 0.256. The Labute approximate surface area is 271 Å². The number of aromatic nitrogens is 2. The Hall–Kier alpha value is -4.62. The molecule has 7 heteroatoms. The zero-order chi connectivity index (χ0) is 32.6. The first kappa shape index (κ1) is 30.1. The molecule has 234 valence electrons. The largest absolute Gasteiger partial charge is 0.355 e. The molecule has 0 saturated heterocycles. The molecule has 3 heterocycles. The van der Waals surface area contributed by atoms with Gasteiger partial charge in [0.25, 0.3) is 0 Å². The summed E-state index contributed by atoms with van der Waals surface area (Å²) in [6.45, 7) is 13.8. The fourth-order valence-corrected chi connectivity index (χ4v) is 7.76. The standard InChI is InChI=1S/C39H40N4O2S/c1-38(2,3)26-15-18-34-36(21-26)42(25-41(34)7)28-11-10-12-29(23-28)46(44,45)30-16-17-32-31-13-8-9-14-33(31)43(35(32)24-30)37-22-27(19-20-40-37)39(4,5)6/h8-24H,25H2,1-7H3. The van der Waals surface area contributed by atoms with Crippen LogP contribution in [0.2, 0.25) is 0 Å². The highest BCUT2D eigenvalue weighted by molar-refractivity contribution is 7.91. The van der Waals surface area contributed by atoms with Crippen LogP contribution in [0, 0.1) is 0 Å². The number of para-hydroxylation sites is 1. The van der Waals surface area contributed by atoms with E-state index in [9.17, 15) is 8.42 Å². The van der Waals surface area contributed by atoms with Crippen molar-refractivity contribution in [2.24, 2.45) is 0 Å². The first-order valence-corrected chi connectivity index (χ1v) is 17.2. The fourth-order valence-electron chi connectivity index (χ4n) is 6.44. The van der Waals surface area contributed by atoms with Crippen LogP contribution in [0.4, 0.5) is 17.1 Å². The minimum atomic E-state index is -3.85. The van der Waals surface area contributed by atoms with Crippen LogP contribution >= 0.6 is 0 Å². The molecule has 0 radical (unpaired) electrons. The van der Waals surface area contributed by atoms with Crippen LogP contribution in [0.1, 0.15) is 52.7 Å². The summed E-state index contributed by atoms with van der Waals surface area (Å²) in [7, 11) is -1.78. The molecular weight excluding hydrogens is 589 g/mol. The molecule has 0 N–H and O–H groups in total. The first-order chi connectivity index (χ1) is 21.7. The van der Waals surface area contributed by atoms with E-state index in [1.165, 1.54) is 5.56 Å². The summed E-state index contributed by atoms with van der Waals surface area (Å²) in [4.78, 5) is 9.66. The Balaban J connectivity index is 1.35. The Morgan fingerprint density at radius 2 is 1.35 bits per heavy atom. The molecule has 0 fully saturated rings. The molecule has 2 aromatic heterocycles. The van der Waals surface area contributed by atoms with Gasteiger partial charge in [0.05, 0.1) is 38.9 Å². The number of nitrogens with zero attached hydrogens (tertiary/aromatic N) is 4. The Morgan fingerprint density at radius 3 is 2.11 bits per heavy atom. The molecule has 6 nitrogen and oxygen atoms in total. The van der Waals surface area contributed by atoms with Crippen LogP contribution < -0.4 is 9.80 Å². The smallest absolute Gasteiger partial charge is 0.206 e. The van der Waals surface area contributed by atoms with Crippen molar-refractivity contribution in [1.29, 1.82) is 0 Å². The minimum Gasteiger partial charge on any atom is -0.355 e. The second-order valence-electron chi connectivity index (χ2n) is 14.4. The molecule has 4 aromatic carbocycles. The van der Waals surface area contributed by atoms with Crippen LogP contribution in [0.15, 0.2) is 113 Å². The SMILES string of the molecule is CN1CN(c2cccc(S(=O)(=O)c3ccc4c5ccccc5n(-c5cc(C(C)(C)C)ccn5)c4c3)c2)c2cc(C(C)(C)C)ccc21. The van der Waals surface area contributed by atoms with E-state index in [1.807, 2.05) is 42.6 Å². The van der Waals surface area contributed by atoms with Gasteiger partial charge >= 0.3 is 0 Å². The summed E-state index contributed by atoms with van der Waals surface area (Å²) in [6.07, 6.45) is 1.83. The van der Waals surface area contributed by atoms with Crippen molar-refractivity contribution >= 4 is 48.7 Å². The lowest BCUT2D eigenvalue weighted by atomic mass is 9.86. The summed E-state index contributed by atoms with van der Waals surface area (Å²) in [5.74, 6) is 0.765. The average Bonchev–Trinajstić information content (AvgIpc) is 3.54. The Bertz CT molecular complexity index is 2250. The number of anilines is 3. The number of hydrogen-bond acceptors (Lipinski definition) is 5. The second kappa shape index (κ2) is 10.5. The molecule has 0 bridgehead atoms. The number of pyridine rings is 1. The number of rotatable bonds is 4. The molecule has 0 atom stereocenters.